The van der Waals surface area contributed by atoms with Crippen LogP contribution in [0.25, 0.3) is 0 Å². The lowest BCUT2D eigenvalue weighted by Crippen LogP contribution is -2.57. The lowest BCUT2D eigenvalue weighted by atomic mass is 10.2. The molecule has 1 aliphatic heterocycles. The van der Waals surface area contributed by atoms with Crippen molar-refractivity contribution < 1.29 is 9.84 Å². The van der Waals surface area contributed by atoms with E-state index in [0.717, 1.165) is 26.2 Å². The van der Waals surface area contributed by atoms with Crippen molar-refractivity contribution in [2.45, 2.75) is 19.8 Å². The molecular formula is C14H22N2O2. The summed E-state index contributed by atoms with van der Waals surface area (Å²) in [5, 5.41) is 10.2. The summed E-state index contributed by atoms with van der Waals surface area (Å²) < 4.78 is 5.37. The van der Waals surface area contributed by atoms with Crippen LogP contribution in [0.15, 0.2) is 30.3 Å². The molecule has 1 aromatic carbocycles. The average Bonchev–Trinajstić information content (AvgIpc) is 2.40. The van der Waals surface area contributed by atoms with E-state index in [1.807, 2.05) is 17.9 Å². The van der Waals surface area contributed by atoms with Crippen LogP contribution in [0, 0.1) is 0 Å². The Bertz CT molecular complexity index is 359. The van der Waals surface area contributed by atoms with Gasteiger partial charge in [-0.2, -0.15) is 0 Å². The van der Waals surface area contributed by atoms with E-state index in [2.05, 4.69) is 29.2 Å². The van der Waals surface area contributed by atoms with Gasteiger partial charge in [0.1, 0.15) is 0 Å². The average molecular weight is 250 g/mol. The number of nitrogens with zero attached hydrogens (tertiary/aromatic N) is 2. The van der Waals surface area contributed by atoms with E-state index < -0.39 is 5.91 Å². The van der Waals surface area contributed by atoms with Crippen LogP contribution in [0.4, 0.5) is 5.69 Å². The van der Waals surface area contributed by atoms with E-state index in [9.17, 15) is 5.11 Å². The quantitative estimate of drug-likeness (QED) is 0.822. The summed E-state index contributed by atoms with van der Waals surface area (Å²) in [5.41, 5.74) is 1.24. The van der Waals surface area contributed by atoms with E-state index in [1.54, 1.807) is 6.92 Å². The number of hydrogen-bond acceptors (Lipinski definition) is 4. The SMILES string of the molecule is CCOC(C)(O)N1CCN(c2ccccc2)CC1. The molecule has 4 heteroatoms. The highest BCUT2D eigenvalue weighted by Gasteiger charge is 2.32. The van der Waals surface area contributed by atoms with Crippen LogP contribution in [-0.4, -0.2) is 48.7 Å². The maximum atomic E-state index is 10.2. The van der Waals surface area contributed by atoms with Gasteiger partial charge in [-0.15, -0.1) is 0 Å². The van der Waals surface area contributed by atoms with Gasteiger partial charge in [0, 0.05) is 45.4 Å². The zero-order valence-corrected chi connectivity index (χ0v) is 11.2. The monoisotopic (exact) mass is 250 g/mol. The van der Waals surface area contributed by atoms with Crippen LogP contribution < -0.4 is 4.90 Å². The molecule has 4 nitrogen and oxygen atoms in total. The van der Waals surface area contributed by atoms with Crippen molar-refractivity contribution in [1.82, 2.24) is 4.90 Å². The van der Waals surface area contributed by atoms with E-state index in [4.69, 9.17) is 4.74 Å². The van der Waals surface area contributed by atoms with Crippen LogP contribution in [-0.2, 0) is 4.74 Å². The van der Waals surface area contributed by atoms with Gasteiger partial charge in [0.2, 0.25) is 5.91 Å². The molecule has 1 N–H and O–H groups in total. The minimum atomic E-state index is -1.14. The van der Waals surface area contributed by atoms with Gasteiger partial charge in [0.15, 0.2) is 0 Å². The lowest BCUT2D eigenvalue weighted by Gasteiger charge is -2.42. The predicted octanol–water partition coefficient (Wildman–Crippen LogP) is 1.51. The third-order valence-corrected chi connectivity index (χ3v) is 3.41. The fraction of sp³-hybridized carbons (Fsp3) is 0.571. The largest absolute Gasteiger partial charge is 0.369 e. The molecule has 1 atom stereocenters. The Morgan fingerprint density at radius 3 is 2.33 bits per heavy atom. The van der Waals surface area contributed by atoms with Gasteiger partial charge in [-0.3, -0.25) is 0 Å². The maximum Gasteiger partial charge on any atom is 0.224 e. The molecule has 1 aromatic rings. The summed E-state index contributed by atoms with van der Waals surface area (Å²) >= 11 is 0. The molecule has 0 saturated carbocycles. The highest BCUT2D eigenvalue weighted by atomic mass is 16.6. The van der Waals surface area contributed by atoms with Crippen LogP contribution >= 0.6 is 0 Å². The van der Waals surface area contributed by atoms with Crippen LogP contribution in [0.5, 0.6) is 0 Å². The molecule has 0 aromatic heterocycles. The third kappa shape index (κ3) is 3.02. The Hall–Kier alpha value is -1.10. The van der Waals surface area contributed by atoms with E-state index in [-0.39, 0.29) is 0 Å². The minimum Gasteiger partial charge on any atom is -0.369 e. The smallest absolute Gasteiger partial charge is 0.224 e. The molecule has 0 aliphatic carbocycles. The molecule has 1 saturated heterocycles. The Morgan fingerprint density at radius 1 is 1.17 bits per heavy atom. The summed E-state index contributed by atoms with van der Waals surface area (Å²) in [6.45, 7) is 7.57. The molecule has 1 unspecified atom stereocenters. The molecule has 1 fully saturated rings. The molecule has 1 heterocycles. The zero-order valence-electron chi connectivity index (χ0n) is 11.2. The number of hydrogen-bond donors (Lipinski definition) is 1. The van der Waals surface area contributed by atoms with Crippen molar-refractivity contribution in [3.05, 3.63) is 30.3 Å². The topological polar surface area (TPSA) is 35.9 Å². The summed E-state index contributed by atoms with van der Waals surface area (Å²) in [4.78, 5) is 4.31. The number of para-hydroxylation sites is 1. The zero-order chi connectivity index (χ0) is 13.0. The Morgan fingerprint density at radius 2 is 1.78 bits per heavy atom. The van der Waals surface area contributed by atoms with E-state index in [1.165, 1.54) is 5.69 Å². The molecule has 0 amide bonds. The summed E-state index contributed by atoms with van der Waals surface area (Å²) in [6.07, 6.45) is 0. The van der Waals surface area contributed by atoms with E-state index in [0.29, 0.717) is 6.61 Å². The maximum absolute atomic E-state index is 10.2. The lowest BCUT2D eigenvalue weighted by molar-refractivity contribution is -0.279. The van der Waals surface area contributed by atoms with Crippen molar-refractivity contribution in [2.24, 2.45) is 0 Å². The number of anilines is 1. The number of piperazine rings is 1. The highest BCUT2D eigenvalue weighted by Crippen LogP contribution is 2.20. The number of aliphatic hydroxyl groups is 1. The first kappa shape index (κ1) is 13.3. The first-order valence-electron chi connectivity index (χ1n) is 6.55. The second kappa shape index (κ2) is 5.69. The predicted molar refractivity (Wildman–Crippen MR) is 72.5 cm³/mol. The van der Waals surface area contributed by atoms with Gasteiger partial charge in [-0.1, -0.05) is 18.2 Å². The minimum absolute atomic E-state index is 0.520. The van der Waals surface area contributed by atoms with Gasteiger partial charge < -0.3 is 14.7 Å². The molecule has 0 bridgehead atoms. The van der Waals surface area contributed by atoms with Gasteiger partial charge in [-0.05, 0) is 19.1 Å². The van der Waals surface area contributed by atoms with Crippen LogP contribution in [0.2, 0.25) is 0 Å². The summed E-state index contributed by atoms with van der Waals surface area (Å²) in [5.74, 6) is -1.14. The number of rotatable bonds is 4. The normalized spacial score (nSPS) is 20.7. The number of benzene rings is 1. The summed E-state index contributed by atoms with van der Waals surface area (Å²) in [6, 6.07) is 10.4. The molecule has 0 spiro atoms. The van der Waals surface area contributed by atoms with Crippen molar-refractivity contribution in [1.29, 1.82) is 0 Å². The molecular weight excluding hydrogens is 228 g/mol. The summed E-state index contributed by atoms with van der Waals surface area (Å²) in [7, 11) is 0. The Labute approximate surface area is 109 Å². The van der Waals surface area contributed by atoms with Gasteiger partial charge in [0.25, 0.3) is 0 Å². The van der Waals surface area contributed by atoms with Crippen molar-refractivity contribution in [3.63, 3.8) is 0 Å². The second-order valence-corrected chi connectivity index (χ2v) is 4.68. The van der Waals surface area contributed by atoms with Gasteiger partial charge in [0.05, 0.1) is 0 Å². The van der Waals surface area contributed by atoms with E-state index >= 15 is 0 Å². The van der Waals surface area contributed by atoms with Crippen LogP contribution in [0.3, 0.4) is 0 Å². The molecule has 2 rings (SSSR count). The Balaban J connectivity index is 1.92. The second-order valence-electron chi connectivity index (χ2n) is 4.68. The number of ether oxygens (including phenoxy) is 1. The van der Waals surface area contributed by atoms with Crippen molar-refractivity contribution >= 4 is 5.69 Å². The van der Waals surface area contributed by atoms with Crippen molar-refractivity contribution in [2.75, 3.05) is 37.7 Å². The van der Waals surface area contributed by atoms with Crippen LogP contribution in [0.1, 0.15) is 13.8 Å². The fourth-order valence-corrected chi connectivity index (χ4v) is 2.38. The highest BCUT2D eigenvalue weighted by molar-refractivity contribution is 5.46. The van der Waals surface area contributed by atoms with Gasteiger partial charge in [-0.25, -0.2) is 4.90 Å². The molecule has 1 aliphatic rings. The Kier molecular flexibility index (Phi) is 4.22. The molecule has 100 valence electrons. The molecule has 0 radical (unpaired) electrons. The fourth-order valence-electron chi connectivity index (χ4n) is 2.38. The third-order valence-electron chi connectivity index (χ3n) is 3.41. The molecule has 18 heavy (non-hydrogen) atoms. The van der Waals surface area contributed by atoms with Crippen molar-refractivity contribution in [3.8, 4) is 0 Å². The standard InChI is InChI=1S/C14H22N2O2/c1-3-18-14(2,17)16-11-9-15(10-12-16)13-7-5-4-6-8-13/h4-8,17H,3,9-12H2,1-2H3. The first-order chi connectivity index (χ1) is 8.63. The first-order valence-corrected chi connectivity index (χ1v) is 6.55. The van der Waals surface area contributed by atoms with Gasteiger partial charge >= 0.3 is 0 Å².